The molecule has 22 heavy (non-hydrogen) atoms. The van der Waals surface area contributed by atoms with Crippen LogP contribution in [0.3, 0.4) is 0 Å². The fourth-order valence-corrected chi connectivity index (χ4v) is 5.42. The van der Waals surface area contributed by atoms with Crippen molar-refractivity contribution in [1.29, 1.82) is 0 Å². The van der Waals surface area contributed by atoms with Gasteiger partial charge in [0.2, 0.25) is 0 Å². The predicted molar refractivity (Wildman–Crippen MR) is 84.3 cm³/mol. The van der Waals surface area contributed by atoms with Crippen LogP contribution in [0.15, 0.2) is 0 Å². The van der Waals surface area contributed by atoms with Gasteiger partial charge in [-0.15, -0.1) is 0 Å². The van der Waals surface area contributed by atoms with Gasteiger partial charge in [0.15, 0.2) is 0 Å². The number of hydroxylamine groups is 2. The third-order valence-electron chi connectivity index (χ3n) is 6.68. The maximum atomic E-state index is 10.2. The zero-order valence-corrected chi connectivity index (χ0v) is 13.7. The van der Waals surface area contributed by atoms with Crippen LogP contribution < -0.4 is 0 Å². The second kappa shape index (κ2) is 6.39. The predicted octanol–water partition coefficient (Wildman–Crippen LogP) is 2.89. The molecule has 1 N–H and O–H groups in total. The van der Waals surface area contributed by atoms with Gasteiger partial charge < -0.3 is 9.84 Å². The van der Waals surface area contributed by atoms with Crippen LogP contribution in [0, 0.1) is 11.8 Å². The highest BCUT2D eigenvalue weighted by Crippen LogP contribution is 2.46. The van der Waals surface area contributed by atoms with E-state index < -0.39 is 0 Å². The Morgan fingerprint density at radius 2 is 1.64 bits per heavy atom. The second-order valence-corrected chi connectivity index (χ2v) is 8.01. The van der Waals surface area contributed by atoms with Gasteiger partial charge in [-0.2, -0.15) is 5.06 Å². The molecular formula is C18H31NO3. The largest absolute Gasteiger partial charge is 0.394 e. The van der Waals surface area contributed by atoms with Gasteiger partial charge in [0, 0.05) is 5.92 Å². The standard InChI is InChI=1S/C18H31NO3/c20-13-18(9-5-2-6-10-18)19-16-15(12-22-19)11-21-17(16)14-7-3-1-4-8-14/h14-17,20H,1-13H2/t15-,16+,17-/m0/s1. The smallest absolute Gasteiger partial charge is 0.0786 e. The fraction of sp³-hybridized carbons (Fsp3) is 1.00. The molecule has 2 aliphatic carbocycles. The van der Waals surface area contributed by atoms with E-state index in [4.69, 9.17) is 9.57 Å². The number of hydrogen-bond donors (Lipinski definition) is 1. The molecule has 0 unspecified atom stereocenters. The van der Waals surface area contributed by atoms with Crippen molar-refractivity contribution in [3.05, 3.63) is 0 Å². The molecule has 3 atom stereocenters. The van der Waals surface area contributed by atoms with E-state index >= 15 is 0 Å². The molecule has 4 nitrogen and oxygen atoms in total. The lowest BCUT2D eigenvalue weighted by Crippen LogP contribution is -2.57. The van der Waals surface area contributed by atoms with E-state index in [1.165, 1.54) is 51.4 Å². The van der Waals surface area contributed by atoms with E-state index in [1.54, 1.807) is 0 Å². The first kappa shape index (κ1) is 15.4. The number of rotatable bonds is 3. The summed E-state index contributed by atoms with van der Waals surface area (Å²) in [5, 5.41) is 12.4. The van der Waals surface area contributed by atoms with Crippen LogP contribution >= 0.6 is 0 Å². The Hall–Kier alpha value is -0.160. The van der Waals surface area contributed by atoms with Crippen molar-refractivity contribution in [3.63, 3.8) is 0 Å². The number of ether oxygens (including phenoxy) is 1. The minimum atomic E-state index is -0.141. The first-order valence-corrected chi connectivity index (χ1v) is 9.49. The maximum absolute atomic E-state index is 10.2. The van der Waals surface area contributed by atoms with E-state index in [2.05, 4.69) is 5.06 Å². The number of nitrogens with zero attached hydrogens (tertiary/aromatic N) is 1. The van der Waals surface area contributed by atoms with Gasteiger partial charge in [-0.3, -0.25) is 4.84 Å². The van der Waals surface area contributed by atoms with Crippen LogP contribution in [0.4, 0.5) is 0 Å². The lowest BCUT2D eigenvalue weighted by atomic mass is 9.77. The normalized spacial score (nSPS) is 40.0. The Kier molecular flexibility index (Phi) is 4.46. The summed E-state index contributed by atoms with van der Waals surface area (Å²) < 4.78 is 6.27. The number of fused-ring (bicyclic) bond motifs is 1. The molecule has 126 valence electrons. The number of aliphatic hydroxyl groups excluding tert-OH is 1. The van der Waals surface area contributed by atoms with Crippen molar-refractivity contribution in [2.24, 2.45) is 11.8 Å². The molecule has 4 rings (SSSR count). The summed E-state index contributed by atoms with van der Waals surface area (Å²) >= 11 is 0. The second-order valence-electron chi connectivity index (χ2n) is 8.01. The summed E-state index contributed by atoms with van der Waals surface area (Å²) in [6, 6.07) is 0.383. The van der Waals surface area contributed by atoms with Crippen LogP contribution in [0.5, 0.6) is 0 Å². The summed E-state index contributed by atoms with van der Waals surface area (Å²) in [4.78, 5) is 6.17. The monoisotopic (exact) mass is 309 g/mol. The summed E-state index contributed by atoms with van der Waals surface area (Å²) in [5.74, 6) is 1.21. The number of aliphatic hydroxyl groups is 1. The Morgan fingerprint density at radius 3 is 2.36 bits per heavy atom. The Bertz CT molecular complexity index is 377. The summed E-state index contributed by atoms with van der Waals surface area (Å²) in [6.45, 7) is 1.87. The van der Waals surface area contributed by atoms with Crippen LogP contribution in [-0.2, 0) is 9.57 Å². The highest BCUT2D eigenvalue weighted by molar-refractivity contribution is 5.02. The maximum Gasteiger partial charge on any atom is 0.0786 e. The topological polar surface area (TPSA) is 41.9 Å². The first-order chi connectivity index (χ1) is 10.8. The summed E-state index contributed by atoms with van der Waals surface area (Å²) in [7, 11) is 0. The molecule has 0 aromatic carbocycles. The Labute approximate surface area is 134 Å². The zero-order chi connectivity index (χ0) is 15.0. The van der Waals surface area contributed by atoms with E-state index in [1.807, 2.05) is 0 Å². The minimum absolute atomic E-state index is 0.141. The number of hydrogen-bond acceptors (Lipinski definition) is 4. The van der Waals surface area contributed by atoms with Crippen LogP contribution in [0.2, 0.25) is 0 Å². The van der Waals surface area contributed by atoms with E-state index in [-0.39, 0.29) is 12.1 Å². The van der Waals surface area contributed by atoms with Gasteiger partial charge in [-0.25, -0.2) is 0 Å². The van der Waals surface area contributed by atoms with Crippen molar-refractivity contribution >= 4 is 0 Å². The minimum Gasteiger partial charge on any atom is -0.394 e. The Balaban J connectivity index is 1.55. The molecule has 0 spiro atoms. The van der Waals surface area contributed by atoms with E-state index in [0.29, 0.717) is 24.0 Å². The average Bonchev–Trinajstić information content (AvgIpc) is 3.18. The van der Waals surface area contributed by atoms with Crippen molar-refractivity contribution in [3.8, 4) is 0 Å². The van der Waals surface area contributed by atoms with Crippen molar-refractivity contribution in [1.82, 2.24) is 5.06 Å². The summed E-state index contributed by atoms with van der Waals surface area (Å²) in [6.07, 6.45) is 12.9. The first-order valence-electron chi connectivity index (χ1n) is 9.49. The molecular weight excluding hydrogens is 278 g/mol. The Morgan fingerprint density at radius 1 is 0.909 bits per heavy atom. The van der Waals surface area contributed by atoms with Crippen LogP contribution in [0.25, 0.3) is 0 Å². The molecule has 2 saturated carbocycles. The molecule has 2 saturated heterocycles. The van der Waals surface area contributed by atoms with Gasteiger partial charge in [0.1, 0.15) is 0 Å². The van der Waals surface area contributed by atoms with Gasteiger partial charge in [0.25, 0.3) is 0 Å². The van der Waals surface area contributed by atoms with Crippen molar-refractivity contribution in [2.75, 3.05) is 19.8 Å². The van der Waals surface area contributed by atoms with Crippen molar-refractivity contribution < 1.29 is 14.7 Å². The van der Waals surface area contributed by atoms with Gasteiger partial charge in [-0.05, 0) is 31.6 Å². The molecule has 2 aliphatic heterocycles. The van der Waals surface area contributed by atoms with Gasteiger partial charge in [-0.1, -0.05) is 38.5 Å². The SMILES string of the molecule is OCC1(N2OC[C@@H]3CO[C@@H](C4CCCCC4)[C@@H]32)CCCCC1. The highest BCUT2D eigenvalue weighted by atomic mass is 16.7. The fourth-order valence-electron chi connectivity index (χ4n) is 5.42. The lowest BCUT2D eigenvalue weighted by Gasteiger charge is -2.46. The third-order valence-corrected chi connectivity index (χ3v) is 6.68. The average molecular weight is 309 g/mol. The summed E-state index contributed by atoms with van der Waals surface area (Å²) in [5.41, 5.74) is -0.141. The van der Waals surface area contributed by atoms with Crippen LogP contribution in [-0.4, -0.2) is 47.7 Å². The molecule has 0 amide bonds. The van der Waals surface area contributed by atoms with Crippen molar-refractivity contribution in [2.45, 2.75) is 81.9 Å². The van der Waals surface area contributed by atoms with Gasteiger partial charge in [0.05, 0.1) is 37.5 Å². The lowest BCUT2D eigenvalue weighted by molar-refractivity contribution is -0.239. The third kappa shape index (κ3) is 2.52. The molecule has 2 heterocycles. The molecule has 0 radical (unpaired) electrons. The molecule has 0 aromatic rings. The van der Waals surface area contributed by atoms with Gasteiger partial charge >= 0.3 is 0 Å². The van der Waals surface area contributed by atoms with E-state index in [9.17, 15) is 5.11 Å². The molecule has 0 bridgehead atoms. The highest BCUT2D eigenvalue weighted by Gasteiger charge is 2.55. The van der Waals surface area contributed by atoms with E-state index in [0.717, 1.165) is 26.1 Å². The zero-order valence-electron chi connectivity index (χ0n) is 13.7. The molecule has 4 fully saturated rings. The molecule has 4 heteroatoms. The van der Waals surface area contributed by atoms with Crippen LogP contribution in [0.1, 0.15) is 64.2 Å². The molecule has 4 aliphatic rings. The quantitative estimate of drug-likeness (QED) is 0.870. The molecule has 0 aromatic heterocycles.